The number of carbonyl (C=O) groups is 1. The topological polar surface area (TPSA) is 79.8 Å². The van der Waals surface area contributed by atoms with Crippen molar-refractivity contribution in [3.8, 4) is 17.2 Å². The van der Waals surface area contributed by atoms with Crippen LogP contribution in [0.15, 0.2) is 42.5 Å². The van der Waals surface area contributed by atoms with Gasteiger partial charge in [-0.1, -0.05) is 18.2 Å². The second-order valence-electron chi connectivity index (χ2n) is 5.79. The normalized spacial score (nSPS) is 13.4. The van der Waals surface area contributed by atoms with E-state index in [1.807, 2.05) is 37.3 Å². The maximum absolute atomic E-state index is 12.0. The summed E-state index contributed by atoms with van der Waals surface area (Å²) < 4.78 is 10.6. The van der Waals surface area contributed by atoms with Crippen LogP contribution in [0.25, 0.3) is 0 Å². The van der Waals surface area contributed by atoms with E-state index in [1.165, 1.54) is 0 Å². The van der Waals surface area contributed by atoms with Gasteiger partial charge in [-0.25, -0.2) is 4.79 Å². The van der Waals surface area contributed by atoms with Crippen molar-refractivity contribution < 1.29 is 19.4 Å². The van der Waals surface area contributed by atoms with Gasteiger partial charge in [-0.05, 0) is 48.7 Å². The van der Waals surface area contributed by atoms with Crippen molar-refractivity contribution in [2.75, 3.05) is 6.79 Å². The Morgan fingerprint density at radius 1 is 1.12 bits per heavy atom. The fourth-order valence-electron chi connectivity index (χ4n) is 2.54. The molecule has 0 spiro atoms. The van der Waals surface area contributed by atoms with Crippen LogP contribution in [0.4, 0.5) is 4.79 Å². The van der Waals surface area contributed by atoms with Crippen LogP contribution in [0.3, 0.4) is 0 Å². The molecule has 1 unspecified atom stereocenters. The first-order valence-electron chi connectivity index (χ1n) is 7.81. The lowest BCUT2D eigenvalue weighted by Crippen LogP contribution is -2.41. The average Bonchev–Trinajstić information content (AvgIpc) is 3.02. The van der Waals surface area contributed by atoms with Gasteiger partial charge in [0.15, 0.2) is 11.5 Å². The third kappa shape index (κ3) is 4.10. The molecule has 2 amide bonds. The highest BCUT2D eigenvalue weighted by atomic mass is 16.7. The molecule has 0 saturated heterocycles. The predicted octanol–water partition coefficient (Wildman–Crippen LogP) is 2.55. The quantitative estimate of drug-likeness (QED) is 0.788. The molecule has 0 aromatic heterocycles. The molecule has 6 heteroatoms. The summed E-state index contributed by atoms with van der Waals surface area (Å²) in [6.45, 7) is 2.59. The molecular formula is C18H20N2O4. The van der Waals surface area contributed by atoms with Gasteiger partial charge in [0, 0.05) is 12.6 Å². The molecule has 3 N–H and O–H groups in total. The summed E-state index contributed by atoms with van der Waals surface area (Å²) in [5, 5.41) is 15.0. The Balaban J connectivity index is 1.46. The van der Waals surface area contributed by atoms with E-state index in [0.717, 1.165) is 16.9 Å². The molecule has 1 aliphatic rings. The Bertz CT molecular complexity index is 715. The molecule has 0 fully saturated rings. The zero-order chi connectivity index (χ0) is 16.9. The molecule has 0 aliphatic carbocycles. The van der Waals surface area contributed by atoms with Gasteiger partial charge in [-0.2, -0.15) is 0 Å². The average molecular weight is 328 g/mol. The van der Waals surface area contributed by atoms with Crippen LogP contribution >= 0.6 is 0 Å². The number of amides is 2. The van der Waals surface area contributed by atoms with Gasteiger partial charge in [-0.3, -0.25) is 0 Å². The molecule has 126 valence electrons. The minimum Gasteiger partial charge on any atom is -0.508 e. The Labute approximate surface area is 140 Å². The molecule has 1 aliphatic heterocycles. The molecule has 1 heterocycles. The van der Waals surface area contributed by atoms with E-state index < -0.39 is 0 Å². The van der Waals surface area contributed by atoms with Crippen LogP contribution in [0, 0.1) is 0 Å². The van der Waals surface area contributed by atoms with E-state index >= 15 is 0 Å². The van der Waals surface area contributed by atoms with E-state index in [0.29, 0.717) is 18.7 Å². The van der Waals surface area contributed by atoms with E-state index in [9.17, 15) is 9.90 Å². The number of phenols is 1. The molecule has 24 heavy (non-hydrogen) atoms. The summed E-state index contributed by atoms with van der Waals surface area (Å²) in [6, 6.07) is 12.3. The van der Waals surface area contributed by atoms with Crippen LogP contribution in [0.2, 0.25) is 0 Å². The van der Waals surface area contributed by atoms with E-state index in [1.54, 1.807) is 12.1 Å². The SMILES string of the molecule is CC(Cc1ccc(O)cc1)NC(=O)NCc1ccc2c(c1)OCO2. The van der Waals surface area contributed by atoms with Crippen LogP contribution in [-0.4, -0.2) is 24.0 Å². The number of rotatable bonds is 5. The number of nitrogens with one attached hydrogen (secondary N) is 2. The van der Waals surface area contributed by atoms with Crippen LogP contribution in [-0.2, 0) is 13.0 Å². The molecule has 3 rings (SSSR count). The molecule has 0 radical (unpaired) electrons. The van der Waals surface area contributed by atoms with Crippen LogP contribution < -0.4 is 20.1 Å². The number of hydrogen-bond donors (Lipinski definition) is 3. The number of benzene rings is 2. The zero-order valence-corrected chi connectivity index (χ0v) is 13.4. The standard InChI is InChI=1S/C18H20N2O4/c1-12(8-13-2-5-15(21)6-3-13)20-18(22)19-10-14-4-7-16-17(9-14)24-11-23-16/h2-7,9,12,21H,8,10-11H2,1H3,(H2,19,20,22). The number of carbonyl (C=O) groups excluding carboxylic acids is 1. The largest absolute Gasteiger partial charge is 0.508 e. The predicted molar refractivity (Wildman–Crippen MR) is 89.2 cm³/mol. The van der Waals surface area contributed by atoms with Crippen molar-refractivity contribution in [1.82, 2.24) is 10.6 Å². The van der Waals surface area contributed by atoms with Gasteiger partial charge in [0.25, 0.3) is 0 Å². The summed E-state index contributed by atoms with van der Waals surface area (Å²) >= 11 is 0. The van der Waals surface area contributed by atoms with Crippen molar-refractivity contribution in [3.63, 3.8) is 0 Å². The van der Waals surface area contributed by atoms with Crippen LogP contribution in [0.1, 0.15) is 18.1 Å². The Morgan fingerprint density at radius 2 is 1.83 bits per heavy atom. The number of aromatic hydroxyl groups is 1. The summed E-state index contributed by atoms with van der Waals surface area (Å²) in [5.41, 5.74) is 2.00. The van der Waals surface area contributed by atoms with Crippen molar-refractivity contribution in [2.24, 2.45) is 0 Å². The smallest absolute Gasteiger partial charge is 0.315 e. The van der Waals surface area contributed by atoms with Gasteiger partial charge >= 0.3 is 6.03 Å². The summed E-state index contributed by atoms with van der Waals surface area (Å²) in [5.74, 6) is 1.67. The maximum Gasteiger partial charge on any atom is 0.315 e. The van der Waals surface area contributed by atoms with E-state index in [4.69, 9.17) is 9.47 Å². The van der Waals surface area contributed by atoms with E-state index in [2.05, 4.69) is 10.6 Å². The fourth-order valence-corrected chi connectivity index (χ4v) is 2.54. The first-order chi connectivity index (χ1) is 11.6. The minimum absolute atomic E-state index is 0.0219. The van der Waals surface area contributed by atoms with Crippen molar-refractivity contribution in [3.05, 3.63) is 53.6 Å². The lowest BCUT2D eigenvalue weighted by molar-refractivity contribution is 0.174. The number of urea groups is 1. The lowest BCUT2D eigenvalue weighted by atomic mass is 10.1. The van der Waals surface area contributed by atoms with Gasteiger partial charge < -0.3 is 25.2 Å². The molecular weight excluding hydrogens is 308 g/mol. The highest BCUT2D eigenvalue weighted by molar-refractivity contribution is 5.74. The fraction of sp³-hybridized carbons (Fsp3) is 0.278. The monoisotopic (exact) mass is 328 g/mol. The summed E-state index contributed by atoms with van der Waals surface area (Å²) in [6.07, 6.45) is 0.692. The molecule has 0 saturated carbocycles. The minimum atomic E-state index is -0.223. The third-order valence-electron chi connectivity index (χ3n) is 3.75. The highest BCUT2D eigenvalue weighted by Crippen LogP contribution is 2.32. The summed E-state index contributed by atoms with van der Waals surface area (Å²) in [7, 11) is 0. The number of ether oxygens (including phenoxy) is 2. The van der Waals surface area contributed by atoms with Gasteiger partial charge in [0.1, 0.15) is 5.75 Å². The van der Waals surface area contributed by atoms with E-state index in [-0.39, 0.29) is 24.6 Å². The van der Waals surface area contributed by atoms with Gasteiger partial charge in [0.05, 0.1) is 0 Å². The zero-order valence-electron chi connectivity index (χ0n) is 13.4. The van der Waals surface area contributed by atoms with Crippen molar-refractivity contribution in [1.29, 1.82) is 0 Å². The highest BCUT2D eigenvalue weighted by Gasteiger charge is 2.13. The third-order valence-corrected chi connectivity index (χ3v) is 3.75. The maximum atomic E-state index is 12.0. The van der Waals surface area contributed by atoms with Crippen molar-refractivity contribution >= 4 is 6.03 Å². The first kappa shape index (κ1) is 16.0. The Morgan fingerprint density at radius 3 is 2.62 bits per heavy atom. The van der Waals surface area contributed by atoms with Gasteiger partial charge in [0.2, 0.25) is 6.79 Å². The summed E-state index contributed by atoms with van der Waals surface area (Å²) in [4.78, 5) is 12.0. The molecule has 6 nitrogen and oxygen atoms in total. The second-order valence-corrected chi connectivity index (χ2v) is 5.79. The number of phenolic OH excluding ortho intramolecular Hbond substituents is 1. The first-order valence-corrected chi connectivity index (χ1v) is 7.81. The van der Waals surface area contributed by atoms with Crippen LogP contribution in [0.5, 0.6) is 17.2 Å². The molecule has 2 aromatic rings. The van der Waals surface area contributed by atoms with Crippen molar-refractivity contribution in [2.45, 2.75) is 25.9 Å². The molecule has 1 atom stereocenters. The lowest BCUT2D eigenvalue weighted by Gasteiger charge is -2.15. The number of fused-ring (bicyclic) bond motifs is 1. The Hall–Kier alpha value is -2.89. The Kier molecular flexibility index (Phi) is 4.74. The van der Waals surface area contributed by atoms with Gasteiger partial charge in [-0.15, -0.1) is 0 Å². The molecule has 2 aromatic carbocycles. The second kappa shape index (κ2) is 7.12. The molecule has 0 bridgehead atoms. The number of hydrogen-bond acceptors (Lipinski definition) is 4.